The zero-order valence-electron chi connectivity index (χ0n) is 21.9. The van der Waals surface area contributed by atoms with Gasteiger partial charge in [0.25, 0.3) is 5.91 Å². The Labute approximate surface area is 217 Å². The number of ether oxygens (including phenoxy) is 3. The summed E-state index contributed by atoms with van der Waals surface area (Å²) < 4.78 is 16.5. The van der Waals surface area contributed by atoms with Crippen LogP contribution in [-0.2, 0) is 4.74 Å². The van der Waals surface area contributed by atoms with E-state index < -0.39 is 12.1 Å². The number of likely N-dealkylation sites (N-methyl/N-ethyl adjacent to an activating group) is 1. The third-order valence-corrected chi connectivity index (χ3v) is 6.12. The van der Waals surface area contributed by atoms with Gasteiger partial charge in [0.1, 0.15) is 24.0 Å². The Kier molecular flexibility index (Phi) is 9.71. The number of aliphatic hydroxyl groups excluding tert-OH is 1. The van der Waals surface area contributed by atoms with E-state index in [4.69, 9.17) is 14.2 Å². The molecule has 10 nitrogen and oxygen atoms in total. The number of hydrogen-bond donors (Lipinski definition) is 2. The number of anilines is 1. The average Bonchev–Trinajstić information content (AvgIpc) is 2.90. The van der Waals surface area contributed by atoms with Crippen LogP contribution in [0.5, 0.6) is 11.6 Å². The number of nitrogens with one attached hydrogen (secondary N) is 1. The highest BCUT2D eigenvalue weighted by atomic mass is 16.5. The number of aromatic nitrogens is 1. The summed E-state index contributed by atoms with van der Waals surface area (Å²) in [6.07, 6.45) is 1.06. The van der Waals surface area contributed by atoms with Gasteiger partial charge in [0.2, 0.25) is 5.88 Å². The predicted molar refractivity (Wildman–Crippen MR) is 139 cm³/mol. The third-order valence-electron chi connectivity index (χ3n) is 6.12. The zero-order chi connectivity index (χ0) is 26.9. The minimum atomic E-state index is -0.480. The number of methoxy groups -OCH3 is 2. The Bertz CT molecular complexity index is 1160. The summed E-state index contributed by atoms with van der Waals surface area (Å²) in [6.45, 7) is 4.33. The van der Waals surface area contributed by atoms with Crippen LogP contribution in [-0.4, -0.2) is 91.5 Å². The van der Waals surface area contributed by atoms with Gasteiger partial charge >= 0.3 is 6.03 Å². The number of benzene rings is 1. The molecule has 0 fully saturated rings. The molecule has 1 aliphatic heterocycles. The van der Waals surface area contributed by atoms with Gasteiger partial charge in [0.15, 0.2) is 0 Å². The molecule has 1 aromatic carbocycles. The summed E-state index contributed by atoms with van der Waals surface area (Å²) in [5.74, 6) is 6.02. The molecule has 0 saturated heterocycles. The molecular formula is C27H34N4O6. The number of aliphatic hydroxyl groups is 1. The van der Waals surface area contributed by atoms with Crippen LogP contribution >= 0.6 is 0 Å². The smallest absolute Gasteiger partial charge is 0.321 e. The number of hydrogen-bond acceptors (Lipinski definition) is 7. The van der Waals surface area contributed by atoms with Crippen molar-refractivity contribution in [2.24, 2.45) is 5.92 Å². The Morgan fingerprint density at radius 2 is 2.14 bits per heavy atom. The average molecular weight is 511 g/mol. The number of nitrogens with zero attached hydrogens (tertiary/aromatic N) is 3. The summed E-state index contributed by atoms with van der Waals surface area (Å²) in [5, 5.41) is 12.7. The van der Waals surface area contributed by atoms with Gasteiger partial charge in [-0.15, -0.1) is 0 Å². The minimum absolute atomic E-state index is 0.160. The van der Waals surface area contributed by atoms with Crippen molar-refractivity contribution in [2.75, 3.05) is 52.9 Å². The maximum Gasteiger partial charge on any atom is 0.321 e. The summed E-state index contributed by atoms with van der Waals surface area (Å²) >= 11 is 0. The first kappa shape index (κ1) is 27.8. The van der Waals surface area contributed by atoms with Crippen molar-refractivity contribution in [3.63, 3.8) is 0 Å². The lowest BCUT2D eigenvalue weighted by Gasteiger charge is -2.37. The molecule has 0 saturated carbocycles. The second kappa shape index (κ2) is 12.9. The van der Waals surface area contributed by atoms with E-state index in [0.29, 0.717) is 23.5 Å². The van der Waals surface area contributed by atoms with Crippen LogP contribution < -0.4 is 14.8 Å². The monoisotopic (exact) mass is 510 g/mol. The van der Waals surface area contributed by atoms with Gasteiger partial charge in [-0.1, -0.05) is 30.9 Å². The topological polar surface area (TPSA) is 113 Å². The van der Waals surface area contributed by atoms with Crippen LogP contribution in [0, 0.1) is 17.8 Å². The summed E-state index contributed by atoms with van der Waals surface area (Å²) in [5.41, 5.74) is 1.35. The van der Waals surface area contributed by atoms with E-state index in [1.54, 1.807) is 44.2 Å². The van der Waals surface area contributed by atoms with Gasteiger partial charge in [-0.2, -0.15) is 0 Å². The number of rotatable bonds is 7. The number of amides is 3. The lowest BCUT2D eigenvalue weighted by atomic mass is 10.00. The first-order valence-corrected chi connectivity index (χ1v) is 12.0. The molecule has 1 aromatic heterocycles. The second-order valence-corrected chi connectivity index (χ2v) is 8.95. The largest absolute Gasteiger partial charge is 0.495 e. The van der Waals surface area contributed by atoms with Crippen molar-refractivity contribution in [1.29, 1.82) is 0 Å². The van der Waals surface area contributed by atoms with Crippen LogP contribution in [0.25, 0.3) is 0 Å². The van der Waals surface area contributed by atoms with Gasteiger partial charge in [0.05, 0.1) is 32.0 Å². The Morgan fingerprint density at radius 3 is 2.84 bits per heavy atom. The van der Waals surface area contributed by atoms with Crippen molar-refractivity contribution < 1.29 is 28.9 Å². The molecule has 2 N–H and O–H groups in total. The normalized spacial score (nSPS) is 17.8. The third kappa shape index (κ3) is 6.90. The highest BCUT2D eigenvalue weighted by Gasteiger charge is 2.34. The Morgan fingerprint density at radius 1 is 1.38 bits per heavy atom. The molecule has 2 heterocycles. The van der Waals surface area contributed by atoms with Gasteiger partial charge < -0.3 is 34.4 Å². The molecule has 3 atom stereocenters. The Balaban J connectivity index is 1.87. The standard InChI is InChI=1S/C27H34N4O6/c1-18-15-31(19(2)17-32)26(33)21-13-20(9-8-12-35-4)14-28-25(21)37-24(18)16-30(3)27(34)29-22-10-6-7-11-23(22)36-5/h6-7,10-11,13-14,18-19,24,32H,12,15-17H2,1-5H3,(H,29,34)/t18-,19+,24+/m1/s1. The minimum Gasteiger partial charge on any atom is -0.495 e. The maximum absolute atomic E-state index is 13.5. The van der Waals surface area contributed by atoms with Crippen LogP contribution in [0.4, 0.5) is 10.5 Å². The van der Waals surface area contributed by atoms with Gasteiger partial charge in [-0.3, -0.25) is 4.79 Å². The zero-order valence-corrected chi connectivity index (χ0v) is 21.9. The molecule has 198 valence electrons. The first-order valence-electron chi connectivity index (χ1n) is 12.0. The first-order chi connectivity index (χ1) is 17.8. The van der Waals surface area contributed by atoms with E-state index in [2.05, 4.69) is 22.1 Å². The van der Waals surface area contributed by atoms with Crippen molar-refractivity contribution in [1.82, 2.24) is 14.8 Å². The fraction of sp³-hybridized carbons (Fsp3) is 0.444. The number of fused-ring (bicyclic) bond motifs is 1. The van der Waals surface area contributed by atoms with Gasteiger partial charge in [0, 0.05) is 38.4 Å². The Hall–Kier alpha value is -3.81. The summed E-state index contributed by atoms with van der Waals surface area (Å²) in [7, 11) is 4.76. The summed E-state index contributed by atoms with van der Waals surface area (Å²) in [4.78, 5) is 33.9. The fourth-order valence-electron chi connectivity index (χ4n) is 3.91. The summed E-state index contributed by atoms with van der Waals surface area (Å²) in [6, 6.07) is 8.03. The maximum atomic E-state index is 13.5. The number of carbonyl (C=O) groups is 2. The lowest BCUT2D eigenvalue weighted by molar-refractivity contribution is 0.0356. The van der Waals surface area contributed by atoms with Gasteiger partial charge in [-0.05, 0) is 25.1 Å². The molecule has 0 unspecified atom stereocenters. The van der Waals surface area contributed by atoms with E-state index in [9.17, 15) is 14.7 Å². The fourth-order valence-corrected chi connectivity index (χ4v) is 3.91. The molecule has 10 heteroatoms. The van der Waals surface area contributed by atoms with Gasteiger partial charge in [-0.25, -0.2) is 9.78 Å². The molecule has 2 aromatic rings. The molecule has 0 aliphatic carbocycles. The SMILES string of the molecule is COCC#Cc1cnc2c(c1)C(=O)N([C@@H](C)CO)C[C@@H](C)[C@H](CN(C)C(=O)Nc1ccccc1OC)O2. The number of pyridine rings is 1. The lowest BCUT2D eigenvalue weighted by Crippen LogP contribution is -2.50. The number of carbonyl (C=O) groups excluding carboxylic acids is 2. The quantitative estimate of drug-likeness (QED) is 0.550. The molecule has 3 amide bonds. The number of para-hydroxylation sites is 2. The van der Waals surface area contributed by atoms with E-state index >= 15 is 0 Å². The second-order valence-electron chi connectivity index (χ2n) is 8.95. The molecular weight excluding hydrogens is 476 g/mol. The molecule has 1 aliphatic rings. The molecule has 3 rings (SSSR count). The predicted octanol–water partition coefficient (Wildman–Crippen LogP) is 2.47. The van der Waals surface area contributed by atoms with Crippen LogP contribution in [0.2, 0.25) is 0 Å². The molecule has 0 radical (unpaired) electrons. The highest BCUT2D eigenvalue weighted by Crippen LogP contribution is 2.28. The van der Waals surface area contributed by atoms with Crippen molar-refractivity contribution in [3.8, 4) is 23.5 Å². The van der Waals surface area contributed by atoms with Crippen molar-refractivity contribution in [2.45, 2.75) is 26.0 Å². The van der Waals surface area contributed by atoms with E-state index in [0.717, 1.165) is 0 Å². The molecule has 37 heavy (non-hydrogen) atoms. The van der Waals surface area contributed by atoms with E-state index in [1.807, 2.05) is 19.1 Å². The van der Waals surface area contributed by atoms with Crippen LogP contribution in [0.1, 0.15) is 29.8 Å². The van der Waals surface area contributed by atoms with E-state index in [-0.39, 0.29) is 49.1 Å². The number of urea groups is 1. The molecule has 0 spiro atoms. The van der Waals surface area contributed by atoms with E-state index in [1.165, 1.54) is 18.2 Å². The van der Waals surface area contributed by atoms with Crippen LogP contribution in [0.3, 0.4) is 0 Å². The molecule has 0 bridgehead atoms. The van der Waals surface area contributed by atoms with Crippen molar-refractivity contribution in [3.05, 3.63) is 47.7 Å². The van der Waals surface area contributed by atoms with Crippen molar-refractivity contribution >= 4 is 17.6 Å². The van der Waals surface area contributed by atoms with Crippen LogP contribution in [0.15, 0.2) is 36.5 Å². The highest BCUT2D eigenvalue weighted by molar-refractivity contribution is 5.97.